The number of fused-ring (bicyclic) bond motifs is 3. The van der Waals surface area contributed by atoms with Crippen LogP contribution in [0, 0.1) is 11.3 Å². The summed E-state index contributed by atoms with van der Waals surface area (Å²) in [5.74, 6) is -1.88. The van der Waals surface area contributed by atoms with E-state index in [1.54, 1.807) is 6.92 Å². The van der Waals surface area contributed by atoms with E-state index in [1.165, 1.54) is 11.1 Å². The summed E-state index contributed by atoms with van der Waals surface area (Å²) in [4.78, 5) is 23.2. The first-order valence-corrected chi connectivity index (χ1v) is 8.79. The summed E-state index contributed by atoms with van der Waals surface area (Å²) in [7, 11) is 0. The van der Waals surface area contributed by atoms with Gasteiger partial charge in [0.25, 0.3) is 0 Å². The highest BCUT2D eigenvalue weighted by Gasteiger charge is 2.55. The lowest BCUT2D eigenvalue weighted by molar-refractivity contribution is -0.157. The molecule has 1 aromatic rings. The maximum atomic E-state index is 11.9. The van der Waals surface area contributed by atoms with E-state index in [1.807, 2.05) is 19.1 Å². The zero-order valence-corrected chi connectivity index (χ0v) is 14.6. The van der Waals surface area contributed by atoms with E-state index in [9.17, 15) is 19.8 Å². The number of aryl methyl sites for hydroxylation is 1. The van der Waals surface area contributed by atoms with Gasteiger partial charge < -0.3 is 10.2 Å². The molecule has 24 heavy (non-hydrogen) atoms. The number of carbonyl (C=O) groups is 2. The molecule has 2 N–H and O–H groups in total. The Kier molecular flexibility index (Phi) is 3.97. The second-order valence-electron chi connectivity index (χ2n) is 8.06. The standard InChI is InChI=1S/C20H26O4/c1-12(17(21)22)13-5-7-15-14(11-13)6-8-16-19(15,2)9-4-10-20(16,3)18(23)24/h5,7,11-12,16H,4,6,8-10H2,1-3H3,(H,21,22)(H,23,24)/t12?,16-,19-,20-/m1/s1. The average Bonchev–Trinajstić information content (AvgIpc) is 2.53. The van der Waals surface area contributed by atoms with E-state index >= 15 is 0 Å². The molecule has 2 aliphatic carbocycles. The number of hydrogen-bond donors (Lipinski definition) is 2. The third kappa shape index (κ3) is 2.35. The van der Waals surface area contributed by atoms with Crippen molar-refractivity contribution in [3.63, 3.8) is 0 Å². The van der Waals surface area contributed by atoms with Crippen LogP contribution in [0.4, 0.5) is 0 Å². The van der Waals surface area contributed by atoms with Gasteiger partial charge in [0.05, 0.1) is 11.3 Å². The van der Waals surface area contributed by atoms with Crippen LogP contribution in [0.25, 0.3) is 0 Å². The molecule has 0 bridgehead atoms. The van der Waals surface area contributed by atoms with Crippen LogP contribution in [0.15, 0.2) is 18.2 Å². The van der Waals surface area contributed by atoms with Crippen molar-refractivity contribution < 1.29 is 19.8 Å². The van der Waals surface area contributed by atoms with Gasteiger partial charge >= 0.3 is 11.9 Å². The van der Waals surface area contributed by atoms with Crippen molar-refractivity contribution in [2.45, 2.75) is 64.2 Å². The molecule has 4 nitrogen and oxygen atoms in total. The summed E-state index contributed by atoms with van der Waals surface area (Å²) in [6.07, 6.45) is 4.35. The molecule has 2 aliphatic rings. The van der Waals surface area contributed by atoms with Gasteiger partial charge in [0.15, 0.2) is 0 Å². The van der Waals surface area contributed by atoms with Gasteiger partial charge in [-0.2, -0.15) is 0 Å². The molecule has 4 atom stereocenters. The summed E-state index contributed by atoms with van der Waals surface area (Å²) >= 11 is 0. The van der Waals surface area contributed by atoms with Crippen LogP contribution in [0.1, 0.15) is 69.1 Å². The minimum atomic E-state index is -0.814. The molecule has 1 fully saturated rings. The lowest BCUT2D eigenvalue weighted by atomic mass is 9.50. The third-order valence-electron chi connectivity index (χ3n) is 6.74. The Balaban J connectivity index is 2.04. The highest BCUT2D eigenvalue weighted by molar-refractivity contribution is 5.76. The Morgan fingerprint density at radius 3 is 2.54 bits per heavy atom. The van der Waals surface area contributed by atoms with Crippen LogP contribution in [0.3, 0.4) is 0 Å². The van der Waals surface area contributed by atoms with Gasteiger partial charge in [-0.05, 0) is 67.6 Å². The minimum Gasteiger partial charge on any atom is -0.481 e. The molecular formula is C20H26O4. The second-order valence-corrected chi connectivity index (χ2v) is 8.06. The van der Waals surface area contributed by atoms with Crippen molar-refractivity contribution in [3.8, 4) is 0 Å². The summed E-state index contributed by atoms with van der Waals surface area (Å²) in [5, 5.41) is 19.1. The molecule has 130 valence electrons. The Morgan fingerprint density at radius 1 is 1.21 bits per heavy atom. The first-order chi connectivity index (χ1) is 11.2. The van der Waals surface area contributed by atoms with E-state index in [4.69, 9.17) is 0 Å². The number of carboxylic acid groups (broad SMARTS) is 2. The molecule has 1 aromatic carbocycles. The zero-order chi connectivity index (χ0) is 17.7. The highest BCUT2D eigenvalue weighted by atomic mass is 16.4. The lowest BCUT2D eigenvalue weighted by Gasteiger charge is -2.53. The van der Waals surface area contributed by atoms with E-state index < -0.39 is 23.3 Å². The molecule has 0 amide bonds. The molecule has 4 heteroatoms. The summed E-state index contributed by atoms with van der Waals surface area (Å²) in [5.41, 5.74) is 2.46. The van der Waals surface area contributed by atoms with Gasteiger partial charge in [-0.3, -0.25) is 9.59 Å². The van der Waals surface area contributed by atoms with Crippen LogP contribution < -0.4 is 0 Å². The van der Waals surface area contributed by atoms with E-state index in [0.29, 0.717) is 0 Å². The largest absolute Gasteiger partial charge is 0.481 e. The number of carboxylic acids is 2. The molecule has 0 saturated heterocycles. The lowest BCUT2D eigenvalue weighted by Crippen LogP contribution is -2.52. The van der Waals surface area contributed by atoms with Crippen molar-refractivity contribution in [3.05, 3.63) is 34.9 Å². The number of benzene rings is 1. The highest BCUT2D eigenvalue weighted by Crippen LogP contribution is 2.57. The fraction of sp³-hybridized carbons (Fsp3) is 0.600. The summed E-state index contributed by atoms with van der Waals surface area (Å²) < 4.78 is 0. The van der Waals surface area contributed by atoms with Crippen LogP contribution in [0.5, 0.6) is 0 Å². The van der Waals surface area contributed by atoms with Crippen LogP contribution in [0.2, 0.25) is 0 Å². The first kappa shape index (κ1) is 17.0. The predicted octanol–water partition coefficient (Wildman–Crippen LogP) is 3.97. The second kappa shape index (κ2) is 5.61. The van der Waals surface area contributed by atoms with Crippen LogP contribution in [-0.2, 0) is 21.4 Å². The molecule has 0 heterocycles. The molecule has 0 spiro atoms. The molecule has 1 unspecified atom stereocenters. The Bertz CT molecular complexity index is 695. The minimum absolute atomic E-state index is 0.131. The quantitative estimate of drug-likeness (QED) is 0.879. The summed E-state index contributed by atoms with van der Waals surface area (Å²) in [6, 6.07) is 6.00. The number of hydrogen-bond acceptors (Lipinski definition) is 2. The molecule has 0 aliphatic heterocycles. The Morgan fingerprint density at radius 2 is 1.92 bits per heavy atom. The fourth-order valence-corrected chi connectivity index (χ4v) is 5.18. The van der Waals surface area contributed by atoms with Crippen molar-refractivity contribution >= 4 is 11.9 Å². The van der Waals surface area contributed by atoms with Crippen molar-refractivity contribution in [1.82, 2.24) is 0 Å². The fourth-order valence-electron chi connectivity index (χ4n) is 5.18. The monoisotopic (exact) mass is 330 g/mol. The normalized spacial score (nSPS) is 33.2. The molecule has 3 rings (SSSR count). The maximum Gasteiger partial charge on any atom is 0.310 e. The molecule has 0 aromatic heterocycles. The van der Waals surface area contributed by atoms with Crippen molar-refractivity contribution in [1.29, 1.82) is 0 Å². The van der Waals surface area contributed by atoms with E-state index in [0.717, 1.165) is 37.7 Å². The molecule has 1 saturated carbocycles. The topological polar surface area (TPSA) is 74.6 Å². The average molecular weight is 330 g/mol. The van der Waals surface area contributed by atoms with Gasteiger partial charge in [0.1, 0.15) is 0 Å². The van der Waals surface area contributed by atoms with E-state index in [2.05, 4.69) is 13.0 Å². The smallest absolute Gasteiger partial charge is 0.310 e. The van der Waals surface area contributed by atoms with Crippen molar-refractivity contribution in [2.24, 2.45) is 11.3 Å². The van der Waals surface area contributed by atoms with Gasteiger partial charge in [-0.1, -0.05) is 31.5 Å². The van der Waals surface area contributed by atoms with Gasteiger partial charge in [0, 0.05) is 0 Å². The molecular weight excluding hydrogens is 304 g/mol. The first-order valence-electron chi connectivity index (χ1n) is 8.79. The SMILES string of the molecule is CC(C(=O)O)c1ccc2c(c1)CC[C@H]1[C@](C)(C(=O)O)CCC[C@]21C. The van der Waals surface area contributed by atoms with Crippen LogP contribution >= 0.6 is 0 Å². The maximum absolute atomic E-state index is 11.9. The Hall–Kier alpha value is -1.84. The van der Waals surface area contributed by atoms with Crippen LogP contribution in [-0.4, -0.2) is 22.2 Å². The van der Waals surface area contributed by atoms with Gasteiger partial charge in [0.2, 0.25) is 0 Å². The number of rotatable bonds is 3. The zero-order valence-electron chi connectivity index (χ0n) is 14.6. The number of aliphatic carboxylic acids is 2. The molecule has 0 radical (unpaired) electrons. The van der Waals surface area contributed by atoms with Gasteiger partial charge in [-0.25, -0.2) is 0 Å². The van der Waals surface area contributed by atoms with Gasteiger partial charge in [-0.15, -0.1) is 0 Å². The van der Waals surface area contributed by atoms with E-state index in [-0.39, 0.29) is 11.3 Å². The summed E-state index contributed by atoms with van der Waals surface area (Å²) in [6.45, 7) is 5.82. The predicted molar refractivity (Wildman–Crippen MR) is 91.2 cm³/mol. The Labute approximate surface area is 142 Å². The van der Waals surface area contributed by atoms with Crippen molar-refractivity contribution in [2.75, 3.05) is 0 Å². The third-order valence-corrected chi connectivity index (χ3v) is 6.74.